The molecule has 0 saturated carbocycles. The van der Waals surface area contributed by atoms with Crippen molar-refractivity contribution >= 4 is 0 Å². The first kappa shape index (κ1) is 15.0. The molecule has 0 radical (unpaired) electrons. The van der Waals surface area contributed by atoms with E-state index in [-0.39, 0.29) is 5.82 Å². The number of halogens is 1. The third-order valence-corrected chi connectivity index (χ3v) is 2.97. The predicted molar refractivity (Wildman–Crippen MR) is 79.3 cm³/mol. The molecular weight excluding hydrogens is 267 g/mol. The molecule has 0 spiro atoms. The third-order valence-electron chi connectivity index (χ3n) is 2.97. The van der Waals surface area contributed by atoms with Crippen molar-refractivity contribution in [3.63, 3.8) is 0 Å². The number of ether oxygens (including phenoxy) is 1. The lowest BCUT2D eigenvalue weighted by atomic mass is 10.1. The van der Waals surface area contributed by atoms with Gasteiger partial charge in [-0.1, -0.05) is 19.1 Å². The minimum Gasteiger partial charge on any atom is -0.489 e. The van der Waals surface area contributed by atoms with E-state index in [9.17, 15) is 4.39 Å². The molecular formula is C17H17FN2O. The van der Waals surface area contributed by atoms with Gasteiger partial charge in [-0.05, 0) is 41.9 Å². The van der Waals surface area contributed by atoms with E-state index in [0.29, 0.717) is 24.5 Å². The van der Waals surface area contributed by atoms with Crippen LogP contribution >= 0.6 is 0 Å². The Morgan fingerprint density at radius 1 is 1.19 bits per heavy atom. The molecule has 0 unspecified atom stereocenters. The van der Waals surface area contributed by atoms with Gasteiger partial charge in [0, 0.05) is 12.6 Å². The Kier molecular flexibility index (Phi) is 5.30. The van der Waals surface area contributed by atoms with Crippen molar-refractivity contribution in [2.45, 2.75) is 20.1 Å². The molecule has 2 aromatic carbocycles. The lowest BCUT2D eigenvalue weighted by molar-refractivity contribution is 0.304. The average Bonchev–Trinajstić information content (AvgIpc) is 2.50. The van der Waals surface area contributed by atoms with Gasteiger partial charge in [0.1, 0.15) is 18.2 Å². The Morgan fingerprint density at radius 2 is 2.05 bits per heavy atom. The maximum absolute atomic E-state index is 13.5. The topological polar surface area (TPSA) is 45.0 Å². The zero-order chi connectivity index (χ0) is 15.1. The van der Waals surface area contributed by atoms with Gasteiger partial charge in [-0.25, -0.2) is 4.39 Å². The van der Waals surface area contributed by atoms with Crippen LogP contribution in [0, 0.1) is 17.1 Å². The Hall–Kier alpha value is -2.38. The minimum absolute atomic E-state index is 0.305. The molecule has 1 N–H and O–H groups in total. The van der Waals surface area contributed by atoms with Gasteiger partial charge in [-0.3, -0.25) is 0 Å². The van der Waals surface area contributed by atoms with Crippen LogP contribution in [0.3, 0.4) is 0 Å². The summed E-state index contributed by atoms with van der Waals surface area (Å²) < 4.78 is 19.2. The highest BCUT2D eigenvalue weighted by molar-refractivity contribution is 5.33. The van der Waals surface area contributed by atoms with Crippen LogP contribution < -0.4 is 10.1 Å². The van der Waals surface area contributed by atoms with Gasteiger partial charge in [0.15, 0.2) is 0 Å². The van der Waals surface area contributed by atoms with Crippen LogP contribution in [0.25, 0.3) is 0 Å². The summed E-state index contributed by atoms with van der Waals surface area (Å²) in [6.45, 7) is 3.74. The van der Waals surface area contributed by atoms with Gasteiger partial charge in [0.05, 0.1) is 11.6 Å². The zero-order valence-corrected chi connectivity index (χ0v) is 11.9. The predicted octanol–water partition coefficient (Wildman–Crippen LogP) is 3.39. The van der Waals surface area contributed by atoms with E-state index in [2.05, 4.69) is 11.4 Å². The lowest BCUT2D eigenvalue weighted by Gasteiger charge is -2.09. The second-order valence-corrected chi connectivity index (χ2v) is 4.68. The number of hydrogen-bond acceptors (Lipinski definition) is 3. The monoisotopic (exact) mass is 284 g/mol. The highest BCUT2D eigenvalue weighted by atomic mass is 19.1. The summed E-state index contributed by atoms with van der Waals surface area (Å²) in [7, 11) is 0. The first-order valence-electron chi connectivity index (χ1n) is 6.83. The van der Waals surface area contributed by atoms with E-state index < -0.39 is 0 Å². The van der Waals surface area contributed by atoms with Gasteiger partial charge in [0.2, 0.25) is 0 Å². The van der Waals surface area contributed by atoms with E-state index in [1.165, 1.54) is 12.1 Å². The third kappa shape index (κ3) is 4.59. The summed E-state index contributed by atoms with van der Waals surface area (Å²) >= 11 is 0. The molecule has 0 atom stereocenters. The molecule has 0 heterocycles. The first-order valence-corrected chi connectivity index (χ1v) is 6.83. The van der Waals surface area contributed by atoms with Crippen LogP contribution in [0.2, 0.25) is 0 Å². The van der Waals surface area contributed by atoms with E-state index >= 15 is 0 Å². The van der Waals surface area contributed by atoms with Crippen molar-refractivity contribution in [1.82, 2.24) is 5.32 Å². The quantitative estimate of drug-likeness (QED) is 0.884. The fraction of sp³-hybridized carbons (Fsp3) is 0.235. The van der Waals surface area contributed by atoms with Gasteiger partial charge < -0.3 is 10.1 Å². The van der Waals surface area contributed by atoms with Gasteiger partial charge in [0.25, 0.3) is 0 Å². The molecule has 0 aromatic heterocycles. The van der Waals surface area contributed by atoms with Crippen LogP contribution in [-0.4, -0.2) is 6.54 Å². The summed E-state index contributed by atoms with van der Waals surface area (Å²) in [6, 6.07) is 13.9. The molecule has 0 bridgehead atoms. The summed E-state index contributed by atoms with van der Waals surface area (Å²) in [5.41, 5.74) is 2.31. The fourth-order valence-electron chi connectivity index (χ4n) is 1.97. The smallest absolute Gasteiger partial charge is 0.127 e. The maximum atomic E-state index is 13.5. The van der Waals surface area contributed by atoms with Crippen LogP contribution in [0.4, 0.5) is 4.39 Å². The number of nitrogens with one attached hydrogen (secondary N) is 1. The minimum atomic E-state index is -0.314. The molecule has 108 valence electrons. The number of nitriles is 1. The van der Waals surface area contributed by atoms with Crippen LogP contribution in [0.5, 0.6) is 5.75 Å². The Morgan fingerprint density at radius 3 is 2.81 bits per heavy atom. The summed E-state index contributed by atoms with van der Waals surface area (Å²) in [5.74, 6) is 0.177. The molecule has 0 aliphatic carbocycles. The molecule has 3 nitrogen and oxygen atoms in total. The normalized spacial score (nSPS) is 10.1. The molecule has 21 heavy (non-hydrogen) atoms. The van der Waals surface area contributed by atoms with E-state index in [1.54, 1.807) is 18.2 Å². The summed E-state index contributed by atoms with van der Waals surface area (Å²) in [4.78, 5) is 0. The fourth-order valence-corrected chi connectivity index (χ4v) is 1.97. The Labute approximate surface area is 124 Å². The van der Waals surface area contributed by atoms with Crippen molar-refractivity contribution in [3.05, 3.63) is 65.0 Å². The Bertz CT molecular complexity index is 649. The number of benzene rings is 2. The van der Waals surface area contributed by atoms with Crippen molar-refractivity contribution in [1.29, 1.82) is 5.26 Å². The second-order valence-electron chi connectivity index (χ2n) is 4.68. The Balaban J connectivity index is 2.05. The molecule has 2 rings (SSSR count). The standard InChI is InChI=1S/C17H17FN2O/c1-2-20-11-15-7-16(18)9-17(8-15)21-12-14-5-3-4-13(6-14)10-19/h3-9,20H,2,11-12H2,1H3. The molecule has 0 fully saturated rings. The van der Waals surface area contributed by atoms with Crippen molar-refractivity contribution in [3.8, 4) is 11.8 Å². The van der Waals surface area contributed by atoms with Gasteiger partial charge in [-0.2, -0.15) is 5.26 Å². The maximum Gasteiger partial charge on any atom is 0.127 e. The number of rotatable bonds is 6. The van der Waals surface area contributed by atoms with Crippen molar-refractivity contribution in [2.24, 2.45) is 0 Å². The molecule has 0 amide bonds. The lowest BCUT2D eigenvalue weighted by Crippen LogP contribution is -2.12. The van der Waals surface area contributed by atoms with E-state index in [0.717, 1.165) is 17.7 Å². The summed E-state index contributed by atoms with van der Waals surface area (Å²) in [6.07, 6.45) is 0. The molecule has 0 aliphatic rings. The van der Waals surface area contributed by atoms with Crippen molar-refractivity contribution in [2.75, 3.05) is 6.54 Å². The average molecular weight is 284 g/mol. The highest BCUT2D eigenvalue weighted by Gasteiger charge is 2.03. The molecule has 4 heteroatoms. The SMILES string of the molecule is CCNCc1cc(F)cc(OCc2cccc(C#N)c2)c1. The van der Waals surface area contributed by atoms with Crippen LogP contribution in [-0.2, 0) is 13.2 Å². The molecule has 0 aliphatic heterocycles. The van der Waals surface area contributed by atoms with Crippen LogP contribution in [0.1, 0.15) is 23.6 Å². The first-order chi connectivity index (χ1) is 10.2. The molecule has 2 aromatic rings. The van der Waals surface area contributed by atoms with Gasteiger partial charge >= 0.3 is 0 Å². The largest absolute Gasteiger partial charge is 0.489 e. The molecule has 0 saturated heterocycles. The number of hydrogen-bond donors (Lipinski definition) is 1. The van der Waals surface area contributed by atoms with Gasteiger partial charge in [-0.15, -0.1) is 0 Å². The van der Waals surface area contributed by atoms with E-state index in [4.69, 9.17) is 10.00 Å². The number of nitrogens with zero attached hydrogens (tertiary/aromatic N) is 1. The van der Waals surface area contributed by atoms with Crippen molar-refractivity contribution < 1.29 is 9.13 Å². The second kappa shape index (κ2) is 7.41. The highest BCUT2D eigenvalue weighted by Crippen LogP contribution is 2.18. The zero-order valence-electron chi connectivity index (χ0n) is 11.9. The summed E-state index contributed by atoms with van der Waals surface area (Å²) in [5, 5.41) is 12.0. The van der Waals surface area contributed by atoms with Crippen LogP contribution in [0.15, 0.2) is 42.5 Å². The van der Waals surface area contributed by atoms with E-state index in [1.807, 2.05) is 19.1 Å².